The van der Waals surface area contributed by atoms with E-state index in [9.17, 15) is 22.0 Å². The van der Waals surface area contributed by atoms with Crippen LogP contribution in [0.2, 0.25) is 0 Å². The summed E-state index contributed by atoms with van der Waals surface area (Å²) in [5, 5.41) is 0. The molecule has 1 aliphatic carbocycles. The zero-order chi connectivity index (χ0) is 17.0. The lowest BCUT2D eigenvalue weighted by Gasteiger charge is -2.27. The number of alkyl halides is 3. The van der Waals surface area contributed by atoms with Gasteiger partial charge in [0.25, 0.3) is 0 Å². The van der Waals surface area contributed by atoms with Crippen LogP contribution in [0.3, 0.4) is 0 Å². The maximum Gasteiger partial charge on any atom is 0.573 e. The van der Waals surface area contributed by atoms with Crippen LogP contribution in [-0.2, 0) is 0 Å². The van der Waals surface area contributed by atoms with Crippen molar-refractivity contribution >= 4 is 0 Å². The third kappa shape index (κ3) is 4.94. The van der Waals surface area contributed by atoms with Crippen LogP contribution in [0.5, 0.6) is 5.75 Å². The lowest BCUT2D eigenvalue weighted by Crippen LogP contribution is -2.19. The fraction of sp³-hybridized carbons (Fsp3) is 0.529. The Bertz CT molecular complexity index is 534. The van der Waals surface area contributed by atoms with Gasteiger partial charge < -0.3 is 4.74 Å². The largest absolute Gasteiger partial charge is 0.573 e. The van der Waals surface area contributed by atoms with Gasteiger partial charge in [-0.15, -0.1) is 13.2 Å². The molecule has 1 aromatic carbocycles. The molecule has 1 fully saturated rings. The first-order valence-corrected chi connectivity index (χ1v) is 7.71. The van der Waals surface area contributed by atoms with Crippen LogP contribution in [0, 0.1) is 17.6 Å². The molecular weight excluding hydrogens is 315 g/mol. The number of halogens is 5. The van der Waals surface area contributed by atoms with Gasteiger partial charge >= 0.3 is 6.36 Å². The van der Waals surface area contributed by atoms with E-state index < -0.39 is 23.7 Å². The van der Waals surface area contributed by atoms with Gasteiger partial charge in [0, 0.05) is 0 Å². The van der Waals surface area contributed by atoms with Gasteiger partial charge in [-0.2, -0.15) is 0 Å². The first kappa shape index (κ1) is 17.8. The van der Waals surface area contributed by atoms with E-state index in [-0.39, 0.29) is 5.92 Å². The molecule has 1 saturated carbocycles. The van der Waals surface area contributed by atoms with Crippen molar-refractivity contribution in [2.24, 2.45) is 5.92 Å². The first-order valence-electron chi connectivity index (χ1n) is 7.71. The van der Waals surface area contributed by atoms with Gasteiger partial charge in [0.2, 0.25) is 5.75 Å². The van der Waals surface area contributed by atoms with Crippen LogP contribution in [0.25, 0.3) is 0 Å². The first-order chi connectivity index (χ1) is 10.8. The van der Waals surface area contributed by atoms with Gasteiger partial charge in [0.05, 0.1) is 0 Å². The number of allylic oxidation sites excluding steroid dienone is 2. The molecule has 1 aromatic rings. The van der Waals surface area contributed by atoms with E-state index in [0.717, 1.165) is 44.2 Å². The molecule has 0 unspecified atom stereocenters. The minimum absolute atomic E-state index is 0.0368. The topological polar surface area (TPSA) is 9.23 Å². The summed E-state index contributed by atoms with van der Waals surface area (Å²) >= 11 is 0. The highest BCUT2D eigenvalue weighted by Gasteiger charge is 2.34. The maximum absolute atomic E-state index is 13.8. The predicted molar refractivity (Wildman–Crippen MR) is 77.2 cm³/mol. The smallest absolute Gasteiger partial charge is 0.399 e. The zero-order valence-corrected chi connectivity index (χ0v) is 12.8. The molecule has 0 amide bonds. The van der Waals surface area contributed by atoms with E-state index in [4.69, 9.17) is 0 Å². The van der Waals surface area contributed by atoms with Crippen LogP contribution in [0.1, 0.15) is 50.5 Å². The van der Waals surface area contributed by atoms with Crippen LogP contribution >= 0.6 is 0 Å². The van der Waals surface area contributed by atoms with Crippen LogP contribution < -0.4 is 4.74 Å². The van der Waals surface area contributed by atoms with Gasteiger partial charge in [0.15, 0.2) is 11.6 Å². The molecule has 0 aliphatic heterocycles. The summed E-state index contributed by atoms with van der Waals surface area (Å²) in [4.78, 5) is 0. The van der Waals surface area contributed by atoms with Crippen molar-refractivity contribution in [3.63, 3.8) is 0 Å². The normalized spacial score (nSPS) is 22.5. The van der Waals surface area contributed by atoms with Gasteiger partial charge in [0.1, 0.15) is 0 Å². The molecule has 1 nitrogen and oxygen atoms in total. The Balaban J connectivity index is 2.09. The van der Waals surface area contributed by atoms with Crippen LogP contribution in [0.4, 0.5) is 22.0 Å². The van der Waals surface area contributed by atoms with Crippen molar-refractivity contribution in [3.8, 4) is 5.75 Å². The number of hydrogen-bond acceptors (Lipinski definition) is 1. The number of hydrogen-bond donors (Lipinski definition) is 0. The summed E-state index contributed by atoms with van der Waals surface area (Å²) in [6.45, 7) is 2.05. The molecule has 0 saturated heterocycles. The van der Waals surface area contributed by atoms with E-state index in [1.807, 2.05) is 0 Å². The van der Waals surface area contributed by atoms with E-state index in [0.29, 0.717) is 11.5 Å². The molecule has 128 valence electrons. The summed E-state index contributed by atoms with van der Waals surface area (Å²) in [5.74, 6) is -3.59. The summed E-state index contributed by atoms with van der Waals surface area (Å²) in [7, 11) is 0. The minimum atomic E-state index is -5.12. The fourth-order valence-corrected chi connectivity index (χ4v) is 3.00. The SMILES string of the molecule is CC/C=C/C1CCC(c2cc(F)c(OC(F)(F)F)c(F)c2)CC1. The van der Waals surface area contributed by atoms with Crippen molar-refractivity contribution in [1.82, 2.24) is 0 Å². The lowest BCUT2D eigenvalue weighted by atomic mass is 9.78. The molecule has 0 spiro atoms. The zero-order valence-electron chi connectivity index (χ0n) is 12.8. The third-order valence-electron chi connectivity index (χ3n) is 4.13. The molecule has 23 heavy (non-hydrogen) atoms. The van der Waals surface area contributed by atoms with Crippen LogP contribution in [-0.4, -0.2) is 6.36 Å². The summed E-state index contributed by atoms with van der Waals surface area (Å²) in [5.41, 5.74) is 0.396. The molecular formula is C17H19F5O. The minimum Gasteiger partial charge on any atom is -0.399 e. The molecule has 0 radical (unpaired) electrons. The molecule has 6 heteroatoms. The van der Waals surface area contributed by atoms with Crippen LogP contribution in [0.15, 0.2) is 24.3 Å². The quantitative estimate of drug-likeness (QED) is 0.477. The molecule has 0 bridgehead atoms. The number of rotatable bonds is 4. The molecule has 0 N–H and O–H groups in total. The van der Waals surface area contributed by atoms with E-state index >= 15 is 0 Å². The molecule has 0 heterocycles. The highest BCUT2D eigenvalue weighted by molar-refractivity contribution is 5.33. The summed E-state index contributed by atoms with van der Waals surface area (Å²) in [6.07, 6.45) is 3.46. The van der Waals surface area contributed by atoms with E-state index in [1.165, 1.54) is 0 Å². The highest BCUT2D eigenvalue weighted by atomic mass is 19.4. The monoisotopic (exact) mass is 334 g/mol. The van der Waals surface area contributed by atoms with E-state index in [2.05, 4.69) is 23.8 Å². The van der Waals surface area contributed by atoms with Crippen molar-refractivity contribution in [2.45, 2.75) is 51.3 Å². The average molecular weight is 334 g/mol. The summed E-state index contributed by atoms with van der Waals surface area (Å²) < 4.78 is 67.4. The van der Waals surface area contributed by atoms with Crippen molar-refractivity contribution in [3.05, 3.63) is 41.5 Å². The predicted octanol–water partition coefficient (Wildman–Crippen LogP) is 6.10. The van der Waals surface area contributed by atoms with Gasteiger partial charge in [-0.25, -0.2) is 8.78 Å². The van der Waals surface area contributed by atoms with Crippen molar-refractivity contribution in [1.29, 1.82) is 0 Å². The second kappa shape index (κ2) is 7.32. The Hall–Kier alpha value is -1.59. The van der Waals surface area contributed by atoms with E-state index in [1.54, 1.807) is 0 Å². The Morgan fingerprint density at radius 2 is 1.65 bits per heavy atom. The number of ether oxygens (including phenoxy) is 1. The second-order valence-electron chi connectivity index (χ2n) is 5.81. The van der Waals surface area contributed by atoms with Gasteiger partial charge in [-0.1, -0.05) is 19.1 Å². The average Bonchev–Trinajstić information content (AvgIpc) is 2.48. The lowest BCUT2D eigenvalue weighted by molar-refractivity contribution is -0.276. The standard InChI is InChI=1S/C17H19F5O/c1-2-3-4-11-5-7-12(8-6-11)13-9-14(18)16(15(19)10-13)23-17(20,21)22/h3-4,9-12H,2,5-8H2,1H3/b4-3+. The van der Waals surface area contributed by atoms with Gasteiger partial charge in [-0.3, -0.25) is 0 Å². The summed E-state index contributed by atoms with van der Waals surface area (Å²) in [6, 6.07) is 1.91. The second-order valence-corrected chi connectivity index (χ2v) is 5.81. The molecule has 0 atom stereocenters. The highest BCUT2D eigenvalue weighted by Crippen LogP contribution is 2.39. The number of benzene rings is 1. The Morgan fingerprint density at radius 3 is 2.13 bits per heavy atom. The maximum atomic E-state index is 13.8. The van der Waals surface area contributed by atoms with Crippen molar-refractivity contribution in [2.75, 3.05) is 0 Å². The molecule has 0 aromatic heterocycles. The Labute approximate surface area is 132 Å². The van der Waals surface area contributed by atoms with Crippen molar-refractivity contribution < 1.29 is 26.7 Å². The Kier molecular flexibility index (Phi) is 5.65. The Morgan fingerprint density at radius 1 is 1.09 bits per heavy atom. The van der Waals surface area contributed by atoms with Gasteiger partial charge in [-0.05, 0) is 61.6 Å². The molecule has 1 aliphatic rings. The third-order valence-corrected chi connectivity index (χ3v) is 4.13. The molecule has 2 rings (SSSR count). The fourth-order valence-electron chi connectivity index (χ4n) is 3.00.